The average Bonchev–Trinajstić information content (AvgIpc) is 2.42. The van der Waals surface area contributed by atoms with Gasteiger partial charge in [-0.3, -0.25) is 0 Å². The maximum atomic E-state index is 10.2. The Labute approximate surface area is 114 Å². The molecule has 1 aliphatic carbocycles. The van der Waals surface area contributed by atoms with Gasteiger partial charge < -0.3 is 10.0 Å². The molecule has 0 bridgehead atoms. The van der Waals surface area contributed by atoms with Crippen molar-refractivity contribution in [2.45, 2.75) is 65.9 Å². The maximum Gasteiger partial charge on any atom is 0.0580 e. The molecule has 0 saturated heterocycles. The molecule has 0 radical (unpaired) electrons. The highest BCUT2D eigenvalue weighted by molar-refractivity contribution is 4.77. The predicted octanol–water partition coefficient (Wildman–Crippen LogP) is 3.54. The van der Waals surface area contributed by atoms with Crippen molar-refractivity contribution in [1.82, 2.24) is 4.90 Å². The lowest BCUT2D eigenvalue weighted by molar-refractivity contribution is 0.0666. The molecule has 18 heavy (non-hydrogen) atoms. The topological polar surface area (TPSA) is 23.5 Å². The second-order valence-corrected chi connectivity index (χ2v) is 6.97. The normalized spacial score (nSPS) is 26.0. The summed E-state index contributed by atoms with van der Waals surface area (Å²) in [6, 6.07) is 0. The summed E-state index contributed by atoms with van der Waals surface area (Å²) in [6.45, 7) is 12.6. The molecule has 0 heterocycles. The van der Waals surface area contributed by atoms with Crippen molar-refractivity contribution in [1.29, 1.82) is 0 Å². The molecule has 1 N–H and O–H groups in total. The molecule has 108 valence electrons. The van der Waals surface area contributed by atoms with Crippen LogP contribution in [0.2, 0.25) is 0 Å². The zero-order valence-electron chi connectivity index (χ0n) is 12.9. The van der Waals surface area contributed by atoms with Gasteiger partial charge in [0.2, 0.25) is 0 Å². The Morgan fingerprint density at radius 3 is 2.06 bits per heavy atom. The van der Waals surface area contributed by atoms with E-state index in [2.05, 4.69) is 32.6 Å². The molecular formula is C16H33NO. The van der Waals surface area contributed by atoms with Crippen molar-refractivity contribution in [2.75, 3.05) is 19.6 Å². The van der Waals surface area contributed by atoms with E-state index < -0.39 is 0 Å². The third-order valence-electron chi connectivity index (χ3n) is 3.86. The molecule has 0 aromatic carbocycles. The minimum absolute atomic E-state index is 0.0608. The minimum atomic E-state index is -0.0608. The maximum absolute atomic E-state index is 10.2. The lowest BCUT2D eigenvalue weighted by Gasteiger charge is -2.31. The van der Waals surface area contributed by atoms with Gasteiger partial charge in [0.1, 0.15) is 0 Å². The third kappa shape index (κ3) is 6.19. The first-order valence-electron chi connectivity index (χ1n) is 7.89. The number of hydrogen-bond acceptors (Lipinski definition) is 2. The second-order valence-electron chi connectivity index (χ2n) is 6.97. The van der Waals surface area contributed by atoms with Gasteiger partial charge in [0.15, 0.2) is 0 Å². The molecule has 1 fully saturated rings. The van der Waals surface area contributed by atoms with Crippen molar-refractivity contribution in [2.24, 2.45) is 17.8 Å². The molecular weight excluding hydrogens is 222 g/mol. The Morgan fingerprint density at radius 1 is 0.944 bits per heavy atom. The predicted molar refractivity (Wildman–Crippen MR) is 78.7 cm³/mol. The van der Waals surface area contributed by atoms with Crippen LogP contribution in [0, 0.1) is 17.8 Å². The standard InChI is InChI=1S/C16H33NO/c1-13(2)10-17(11-14(3)4)12-15-8-6-5-7-9-16(15)18/h13-16,18H,5-12H2,1-4H3. The number of hydrogen-bond donors (Lipinski definition) is 1. The summed E-state index contributed by atoms with van der Waals surface area (Å²) in [5.74, 6) is 1.93. The highest BCUT2D eigenvalue weighted by atomic mass is 16.3. The summed E-state index contributed by atoms with van der Waals surface area (Å²) in [5.41, 5.74) is 0. The number of rotatable bonds is 6. The van der Waals surface area contributed by atoms with Gasteiger partial charge >= 0.3 is 0 Å². The van der Waals surface area contributed by atoms with E-state index in [0.29, 0.717) is 17.8 Å². The van der Waals surface area contributed by atoms with Crippen LogP contribution in [0.5, 0.6) is 0 Å². The monoisotopic (exact) mass is 255 g/mol. The molecule has 2 unspecified atom stereocenters. The van der Waals surface area contributed by atoms with Crippen LogP contribution in [0.1, 0.15) is 59.8 Å². The Morgan fingerprint density at radius 2 is 1.50 bits per heavy atom. The van der Waals surface area contributed by atoms with Crippen LogP contribution in [0.15, 0.2) is 0 Å². The van der Waals surface area contributed by atoms with Crippen LogP contribution in [0.4, 0.5) is 0 Å². The average molecular weight is 255 g/mol. The molecule has 0 spiro atoms. The smallest absolute Gasteiger partial charge is 0.0580 e. The van der Waals surface area contributed by atoms with Gasteiger partial charge in [0.25, 0.3) is 0 Å². The first-order valence-corrected chi connectivity index (χ1v) is 7.89. The van der Waals surface area contributed by atoms with E-state index in [0.717, 1.165) is 13.0 Å². The molecule has 0 aromatic rings. The van der Waals surface area contributed by atoms with E-state index in [-0.39, 0.29) is 6.10 Å². The molecule has 2 heteroatoms. The van der Waals surface area contributed by atoms with E-state index in [1.54, 1.807) is 0 Å². The Kier molecular flexibility index (Phi) is 7.25. The molecule has 1 saturated carbocycles. The fraction of sp³-hybridized carbons (Fsp3) is 1.00. The van der Waals surface area contributed by atoms with Crippen LogP contribution < -0.4 is 0 Å². The summed E-state index contributed by atoms with van der Waals surface area (Å²) in [4.78, 5) is 2.58. The summed E-state index contributed by atoms with van der Waals surface area (Å²) < 4.78 is 0. The SMILES string of the molecule is CC(C)CN(CC(C)C)CC1CCCCCC1O. The van der Waals surface area contributed by atoms with Gasteiger partial charge in [0, 0.05) is 19.6 Å². The lowest BCUT2D eigenvalue weighted by atomic mass is 9.96. The summed E-state index contributed by atoms with van der Waals surface area (Å²) in [7, 11) is 0. The van der Waals surface area contributed by atoms with Crippen LogP contribution in [-0.2, 0) is 0 Å². The largest absolute Gasteiger partial charge is 0.393 e. The number of aliphatic hydroxyl groups is 1. The van der Waals surface area contributed by atoms with E-state index in [4.69, 9.17) is 0 Å². The number of aliphatic hydroxyl groups excluding tert-OH is 1. The first-order chi connectivity index (χ1) is 8.49. The third-order valence-corrected chi connectivity index (χ3v) is 3.86. The highest BCUT2D eigenvalue weighted by Crippen LogP contribution is 2.24. The van der Waals surface area contributed by atoms with E-state index >= 15 is 0 Å². The summed E-state index contributed by atoms with van der Waals surface area (Å²) >= 11 is 0. The molecule has 2 nitrogen and oxygen atoms in total. The molecule has 0 aliphatic heterocycles. The van der Waals surface area contributed by atoms with Crippen LogP contribution in [-0.4, -0.2) is 35.7 Å². The van der Waals surface area contributed by atoms with E-state index in [1.807, 2.05) is 0 Å². The molecule has 2 atom stereocenters. The van der Waals surface area contributed by atoms with Gasteiger partial charge in [-0.1, -0.05) is 47.0 Å². The Balaban J connectivity index is 2.51. The minimum Gasteiger partial charge on any atom is -0.393 e. The number of nitrogens with zero attached hydrogens (tertiary/aromatic N) is 1. The van der Waals surface area contributed by atoms with Gasteiger partial charge in [-0.05, 0) is 30.6 Å². The second kappa shape index (κ2) is 8.16. The Bertz CT molecular complexity index is 205. The van der Waals surface area contributed by atoms with Crippen molar-refractivity contribution in [3.8, 4) is 0 Å². The van der Waals surface area contributed by atoms with Crippen molar-refractivity contribution in [3.05, 3.63) is 0 Å². The highest BCUT2D eigenvalue weighted by Gasteiger charge is 2.24. The zero-order chi connectivity index (χ0) is 13.5. The summed E-state index contributed by atoms with van der Waals surface area (Å²) in [6.07, 6.45) is 6.00. The van der Waals surface area contributed by atoms with Crippen LogP contribution >= 0.6 is 0 Å². The van der Waals surface area contributed by atoms with Gasteiger partial charge in [-0.15, -0.1) is 0 Å². The molecule has 0 amide bonds. The molecule has 0 aromatic heterocycles. The molecule has 1 rings (SSSR count). The van der Waals surface area contributed by atoms with E-state index in [1.165, 1.54) is 38.8 Å². The first kappa shape index (κ1) is 16.0. The molecule has 1 aliphatic rings. The van der Waals surface area contributed by atoms with Crippen molar-refractivity contribution < 1.29 is 5.11 Å². The fourth-order valence-electron chi connectivity index (χ4n) is 3.17. The zero-order valence-corrected chi connectivity index (χ0v) is 12.9. The Hall–Kier alpha value is -0.0800. The van der Waals surface area contributed by atoms with Gasteiger partial charge in [-0.2, -0.15) is 0 Å². The lowest BCUT2D eigenvalue weighted by Crippen LogP contribution is -2.38. The van der Waals surface area contributed by atoms with Crippen LogP contribution in [0.25, 0.3) is 0 Å². The fourth-order valence-corrected chi connectivity index (χ4v) is 3.17. The van der Waals surface area contributed by atoms with Gasteiger partial charge in [0.05, 0.1) is 6.10 Å². The van der Waals surface area contributed by atoms with Gasteiger partial charge in [-0.25, -0.2) is 0 Å². The van der Waals surface area contributed by atoms with Crippen LogP contribution in [0.3, 0.4) is 0 Å². The van der Waals surface area contributed by atoms with E-state index in [9.17, 15) is 5.11 Å². The quantitative estimate of drug-likeness (QED) is 0.734. The van der Waals surface area contributed by atoms with Crippen molar-refractivity contribution in [3.63, 3.8) is 0 Å². The summed E-state index contributed by atoms with van der Waals surface area (Å²) in [5, 5.41) is 10.2. The van der Waals surface area contributed by atoms with Crippen molar-refractivity contribution >= 4 is 0 Å².